The Morgan fingerprint density at radius 1 is 1.33 bits per heavy atom. The lowest BCUT2D eigenvalue weighted by molar-refractivity contribution is 0.303. The Labute approximate surface area is 77.2 Å². The molecule has 0 aliphatic carbocycles. The van der Waals surface area contributed by atoms with E-state index in [9.17, 15) is 0 Å². The van der Waals surface area contributed by atoms with Gasteiger partial charge in [-0.1, -0.05) is 33.8 Å². The average molecular weight is 169 g/mol. The number of hydrogen-bond acceptors (Lipinski definition) is 1. The summed E-state index contributed by atoms with van der Waals surface area (Å²) in [5.74, 6) is 0. The molecule has 0 amide bonds. The van der Waals surface area contributed by atoms with Gasteiger partial charge in [0.15, 0.2) is 0 Å². The summed E-state index contributed by atoms with van der Waals surface area (Å²) < 4.78 is 0. The molecule has 1 nitrogen and oxygen atoms in total. The second-order valence-electron chi connectivity index (χ2n) is 4.37. The highest BCUT2D eigenvalue weighted by Crippen LogP contribution is 2.25. The molecule has 12 heavy (non-hydrogen) atoms. The van der Waals surface area contributed by atoms with Gasteiger partial charge in [0, 0.05) is 12.2 Å². The zero-order valence-corrected chi connectivity index (χ0v) is 9.04. The van der Waals surface area contributed by atoms with Gasteiger partial charge in [-0.3, -0.25) is 0 Å². The second kappa shape index (κ2) is 5.23. The fourth-order valence-corrected chi connectivity index (χ4v) is 1.42. The van der Waals surface area contributed by atoms with Crippen LogP contribution in [-0.4, -0.2) is 6.54 Å². The molecule has 0 aromatic rings. The molecule has 1 heteroatoms. The number of hydrogen-bond donors (Lipinski definition) is 1. The minimum atomic E-state index is 0.483. The zero-order chi connectivity index (χ0) is 9.61. The lowest BCUT2D eigenvalue weighted by atomic mass is 9.85. The van der Waals surface area contributed by atoms with Gasteiger partial charge in [0.25, 0.3) is 0 Å². The number of allylic oxidation sites excluding steroid dienone is 1. The molecule has 0 unspecified atom stereocenters. The molecule has 0 aromatic carbocycles. The maximum absolute atomic E-state index is 3.81. The van der Waals surface area contributed by atoms with Crippen molar-refractivity contribution in [2.75, 3.05) is 6.54 Å². The van der Waals surface area contributed by atoms with Crippen LogP contribution in [0.3, 0.4) is 0 Å². The molecule has 0 fully saturated rings. The highest BCUT2D eigenvalue weighted by atomic mass is 14.9. The van der Waals surface area contributed by atoms with Crippen molar-refractivity contribution in [2.24, 2.45) is 5.41 Å². The molecule has 72 valence electrons. The summed E-state index contributed by atoms with van der Waals surface area (Å²) in [5, 5.41) is 3.27. The summed E-state index contributed by atoms with van der Waals surface area (Å²) in [7, 11) is 0. The van der Waals surface area contributed by atoms with E-state index in [0.717, 1.165) is 12.2 Å². The Morgan fingerprint density at radius 2 is 1.92 bits per heavy atom. The van der Waals surface area contributed by atoms with E-state index in [1.54, 1.807) is 0 Å². The third kappa shape index (κ3) is 6.26. The quantitative estimate of drug-likeness (QED) is 0.643. The molecule has 0 bridgehead atoms. The summed E-state index contributed by atoms with van der Waals surface area (Å²) in [5.41, 5.74) is 1.55. The van der Waals surface area contributed by atoms with Crippen molar-refractivity contribution in [3.63, 3.8) is 0 Å². The molecule has 0 aromatic heterocycles. The van der Waals surface area contributed by atoms with Crippen molar-refractivity contribution >= 4 is 0 Å². The van der Waals surface area contributed by atoms with Crippen LogP contribution in [0.1, 0.15) is 47.0 Å². The lowest BCUT2D eigenvalue weighted by Gasteiger charge is -2.24. The van der Waals surface area contributed by atoms with Crippen LogP contribution in [-0.2, 0) is 0 Å². The normalized spacial score (nSPS) is 11.3. The van der Waals surface area contributed by atoms with E-state index in [4.69, 9.17) is 0 Å². The van der Waals surface area contributed by atoms with Crippen molar-refractivity contribution in [2.45, 2.75) is 47.0 Å². The Hall–Kier alpha value is -0.460. The van der Waals surface area contributed by atoms with Gasteiger partial charge < -0.3 is 5.32 Å². The van der Waals surface area contributed by atoms with Gasteiger partial charge >= 0.3 is 0 Å². The van der Waals surface area contributed by atoms with E-state index >= 15 is 0 Å². The van der Waals surface area contributed by atoms with Crippen LogP contribution in [0.15, 0.2) is 12.3 Å². The van der Waals surface area contributed by atoms with E-state index < -0.39 is 0 Å². The molecule has 0 saturated carbocycles. The highest BCUT2D eigenvalue weighted by molar-refractivity contribution is 4.84. The van der Waals surface area contributed by atoms with Gasteiger partial charge in [0.2, 0.25) is 0 Å². The Morgan fingerprint density at radius 3 is 2.33 bits per heavy atom. The summed E-state index contributed by atoms with van der Waals surface area (Å²) in [6.45, 7) is 13.8. The van der Waals surface area contributed by atoms with Crippen LogP contribution in [0.4, 0.5) is 0 Å². The standard InChI is InChI=1S/C11H23N/c1-6-7-11(4,5)8-9-12-10(2)3/h12H,2,6-9H2,1,3-5H3. The minimum Gasteiger partial charge on any atom is -0.389 e. The first-order valence-electron chi connectivity index (χ1n) is 4.87. The summed E-state index contributed by atoms with van der Waals surface area (Å²) >= 11 is 0. The van der Waals surface area contributed by atoms with Gasteiger partial charge in [0.05, 0.1) is 0 Å². The minimum absolute atomic E-state index is 0.483. The van der Waals surface area contributed by atoms with Gasteiger partial charge in [0.1, 0.15) is 0 Å². The van der Waals surface area contributed by atoms with E-state index in [-0.39, 0.29) is 0 Å². The number of rotatable bonds is 6. The molecular weight excluding hydrogens is 146 g/mol. The van der Waals surface area contributed by atoms with Crippen LogP contribution in [0.2, 0.25) is 0 Å². The average Bonchev–Trinajstić information content (AvgIpc) is 1.85. The van der Waals surface area contributed by atoms with Gasteiger partial charge in [-0.25, -0.2) is 0 Å². The van der Waals surface area contributed by atoms with E-state index in [2.05, 4.69) is 32.7 Å². The summed E-state index contributed by atoms with van der Waals surface area (Å²) in [4.78, 5) is 0. The smallest absolute Gasteiger partial charge is 0.0148 e. The molecule has 0 saturated heterocycles. The van der Waals surface area contributed by atoms with E-state index in [1.165, 1.54) is 19.3 Å². The van der Waals surface area contributed by atoms with Crippen molar-refractivity contribution in [1.82, 2.24) is 5.32 Å². The molecule has 0 aliphatic rings. The van der Waals surface area contributed by atoms with Crippen molar-refractivity contribution in [3.05, 3.63) is 12.3 Å². The summed E-state index contributed by atoms with van der Waals surface area (Å²) in [6.07, 6.45) is 3.82. The lowest BCUT2D eigenvalue weighted by Crippen LogP contribution is -2.20. The molecule has 1 N–H and O–H groups in total. The van der Waals surface area contributed by atoms with Crippen LogP contribution in [0, 0.1) is 5.41 Å². The highest BCUT2D eigenvalue weighted by Gasteiger charge is 2.15. The fourth-order valence-electron chi connectivity index (χ4n) is 1.42. The van der Waals surface area contributed by atoms with Crippen LogP contribution >= 0.6 is 0 Å². The molecule has 0 heterocycles. The largest absolute Gasteiger partial charge is 0.389 e. The topological polar surface area (TPSA) is 12.0 Å². The first kappa shape index (κ1) is 11.5. The third-order valence-corrected chi connectivity index (χ3v) is 2.16. The Kier molecular flexibility index (Phi) is 5.03. The SMILES string of the molecule is C=C(C)NCCC(C)(C)CCC. The summed E-state index contributed by atoms with van der Waals surface area (Å²) in [6, 6.07) is 0. The monoisotopic (exact) mass is 169 g/mol. The van der Waals surface area contributed by atoms with Crippen molar-refractivity contribution < 1.29 is 0 Å². The fraction of sp³-hybridized carbons (Fsp3) is 0.818. The van der Waals surface area contributed by atoms with Crippen molar-refractivity contribution in [3.8, 4) is 0 Å². The first-order valence-corrected chi connectivity index (χ1v) is 4.87. The van der Waals surface area contributed by atoms with Gasteiger partial charge in [-0.2, -0.15) is 0 Å². The predicted octanol–water partition coefficient (Wildman–Crippen LogP) is 3.33. The molecule has 0 spiro atoms. The molecule has 0 atom stereocenters. The van der Waals surface area contributed by atoms with Crippen LogP contribution < -0.4 is 5.32 Å². The molecule has 0 aliphatic heterocycles. The van der Waals surface area contributed by atoms with Crippen molar-refractivity contribution in [1.29, 1.82) is 0 Å². The molecule has 0 rings (SSSR count). The van der Waals surface area contributed by atoms with Crippen LogP contribution in [0.25, 0.3) is 0 Å². The van der Waals surface area contributed by atoms with Gasteiger partial charge in [-0.15, -0.1) is 0 Å². The second-order valence-corrected chi connectivity index (χ2v) is 4.37. The predicted molar refractivity (Wildman–Crippen MR) is 56.1 cm³/mol. The van der Waals surface area contributed by atoms with E-state index in [0.29, 0.717) is 5.41 Å². The molecular formula is C11H23N. The molecule has 0 radical (unpaired) electrons. The maximum Gasteiger partial charge on any atom is 0.0148 e. The zero-order valence-electron chi connectivity index (χ0n) is 9.04. The van der Waals surface area contributed by atoms with Gasteiger partial charge in [-0.05, 0) is 25.2 Å². The van der Waals surface area contributed by atoms with Crippen LogP contribution in [0.5, 0.6) is 0 Å². The van der Waals surface area contributed by atoms with E-state index in [1.807, 2.05) is 6.92 Å². The Bertz CT molecular complexity index is 136. The first-order chi connectivity index (χ1) is 5.48. The Balaban J connectivity index is 3.53. The third-order valence-electron chi connectivity index (χ3n) is 2.16. The maximum atomic E-state index is 3.81. The number of nitrogens with one attached hydrogen (secondary N) is 1.